The highest BCUT2D eigenvalue weighted by atomic mass is 19.4. The third-order valence-electron chi connectivity index (χ3n) is 5.27. The van der Waals surface area contributed by atoms with Gasteiger partial charge in [-0.25, -0.2) is 0 Å². The van der Waals surface area contributed by atoms with Gasteiger partial charge in [0.15, 0.2) is 0 Å². The summed E-state index contributed by atoms with van der Waals surface area (Å²) in [6.07, 6.45) is 0.0639. The maximum Gasteiger partial charge on any atom is 0.416 e. The van der Waals surface area contributed by atoms with Crippen LogP contribution in [-0.2, 0) is 18.0 Å². The smallest absolute Gasteiger partial charge is 0.344 e. The number of hydrogen-bond donors (Lipinski definition) is 1. The van der Waals surface area contributed by atoms with Crippen molar-refractivity contribution >= 4 is 11.8 Å². The Labute approximate surface area is 199 Å². The van der Waals surface area contributed by atoms with Gasteiger partial charge in [-0.2, -0.15) is 28.1 Å². The molecule has 0 fully saturated rings. The van der Waals surface area contributed by atoms with Gasteiger partial charge < -0.3 is 10.2 Å². The van der Waals surface area contributed by atoms with Crippen LogP contribution in [0.4, 0.5) is 13.2 Å². The van der Waals surface area contributed by atoms with Gasteiger partial charge in [0.25, 0.3) is 11.5 Å². The summed E-state index contributed by atoms with van der Waals surface area (Å²) in [5.74, 6) is -1.13. The lowest BCUT2D eigenvalue weighted by Crippen LogP contribution is -2.40. The highest BCUT2D eigenvalue weighted by molar-refractivity contribution is 5.97. The Morgan fingerprint density at radius 2 is 1.86 bits per heavy atom. The van der Waals surface area contributed by atoms with Gasteiger partial charge >= 0.3 is 6.18 Å². The second-order valence-corrected chi connectivity index (χ2v) is 7.96. The number of likely N-dealkylation sites (N-methyl/N-ethyl adjacent to an activating group) is 1. The minimum Gasteiger partial charge on any atom is -0.344 e. The quantitative estimate of drug-likeness (QED) is 0.523. The molecule has 0 radical (unpaired) electrons. The Morgan fingerprint density at radius 3 is 2.43 bits per heavy atom. The van der Waals surface area contributed by atoms with Gasteiger partial charge in [0, 0.05) is 26.2 Å². The molecular formula is C23H25F3N6O3. The molecule has 12 heteroatoms. The maximum absolute atomic E-state index is 13.1. The van der Waals surface area contributed by atoms with Crippen molar-refractivity contribution in [3.63, 3.8) is 0 Å². The van der Waals surface area contributed by atoms with Crippen molar-refractivity contribution in [3.05, 3.63) is 64.2 Å². The number of aromatic nitrogens is 4. The Kier molecular flexibility index (Phi) is 7.72. The molecule has 0 atom stereocenters. The zero-order chi connectivity index (χ0) is 25.8. The van der Waals surface area contributed by atoms with E-state index in [4.69, 9.17) is 0 Å². The molecule has 0 bridgehead atoms. The molecular weight excluding hydrogens is 465 g/mol. The van der Waals surface area contributed by atoms with Crippen LogP contribution >= 0.6 is 0 Å². The van der Waals surface area contributed by atoms with Crippen LogP contribution in [0.15, 0.2) is 47.5 Å². The summed E-state index contributed by atoms with van der Waals surface area (Å²) >= 11 is 0. The van der Waals surface area contributed by atoms with Crippen molar-refractivity contribution in [2.75, 3.05) is 20.1 Å². The summed E-state index contributed by atoms with van der Waals surface area (Å²) in [7, 11) is 3.25. The third kappa shape index (κ3) is 6.14. The van der Waals surface area contributed by atoms with E-state index in [1.807, 2.05) is 6.92 Å². The van der Waals surface area contributed by atoms with Gasteiger partial charge in [-0.1, -0.05) is 25.5 Å². The minimum atomic E-state index is -4.51. The summed E-state index contributed by atoms with van der Waals surface area (Å²) in [5.41, 5.74) is -1.30. The van der Waals surface area contributed by atoms with E-state index in [9.17, 15) is 27.6 Å². The number of unbranched alkanes of at least 4 members (excludes halogenated alkanes) is 1. The highest BCUT2D eigenvalue weighted by Gasteiger charge is 2.30. The molecule has 0 unspecified atom stereocenters. The number of nitrogens with one attached hydrogen (secondary N) is 1. The summed E-state index contributed by atoms with van der Waals surface area (Å²) in [4.78, 5) is 39.7. The lowest BCUT2D eigenvalue weighted by molar-refractivity contribution is -0.137. The number of benzene rings is 1. The van der Waals surface area contributed by atoms with Crippen molar-refractivity contribution in [1.82, 2.24) is 29.8 Å². The van der Waals surface area contributed by atoms with Gasteiger partial charge in [0.2, 0.25) is 5.91 Å². The van der Waals surface area contributed by atoms with E-state index in [1.165, 1.54) is 40.2 Å². The predicted octanol–water partition coefficient (Wildman–Crippen LogP) is 2.64. The normalized spacial score (nSPS) is 11.4. The number of alkyl halides is 3. The van der Waals surface area contributed by atoms with Crippen molar-refractivity contribution in [3.8, 4) is 16.9 Å². The van der Waals surface area contributed by atoms with Crippen LogP contribution < -0.4 is 10.9 Å². The molecule has 0 saturated carbocycles. The van der Waals surface area contributed by atoms with E-state index in [0.29, 0.717) is 6.54 Å². The van der Waals surface area contributed by atoms with E-state index in [2.05, 4.69) is 15.5 Å². The molecule has 1 N–H and O–H groups in total. The van der Waals surface area contributed by atoms with Crippen molar-refractivity contribution < 1.29 is 22.8 Å². The molecule has 2 amide bonds. The average Bonchev–Trinajstić information content (AvgIpc) is 3.26. The molecule has 0 saturated heterocycles. The van der Waals surface area contributed by atoms with E-state index in [0.717, 1.165) is 29.7 Å². The van der Waals surface area contributed by atoms with Crippen molar-refractivity contribution in [1.29, 1.82) is 0 Å². The zero-order valence-electron chi connectivity index (χ0n) is 19.5. The van der Waals surface area contributed by atoms with Crippen LogP contribution in [0.3, 0.4) is 0 Å². The monoisotopic (exact) mass is 490 g/mol. The summed E-state index contributed by atoms with van der Waals surface area (Å²) in [6.45, 7) is 2.21. The number of carbonyl (C=O) groups is 2. The molecule has 35 heavy (non-hydrogen) atoms. The molecule has 186 valence electrons. The topological polar surface area (TPSA) is 102 Å². The molecule has 2 heterocycles. The van der Waals surface area contributed by atoms with Crippen LogP contribution in [0.2, 0.25) is 0 Å². The first-order valence-electron chi connectivity index (χ1n) is 10.8. The van der Waals surface area contributed by atoms with E-state index in [1.54, 1.807) is 14.1 Å². The minimum absolute atomic E-state index is 0.0960. The highest BCUT2D eigenvalue weighted by Crippen LogP contribution is 2.30. The molecule has 0 aliphatic heterocycles. The molecule has 2 aromatic heterocycles. The molecule has 0 aliphatic rings. The molecule has 1 aromatic carbocycles. The zero-order valence-corrected chi connectivity index (χ0v) is 19.5. The molecule has 3 rings (SSSR count). The first-order chi connectivity index (χ1) is 16.5. The Bertz CT molecular complexity index is 1260. The third-order valence-corrected chi connectivity index (χ3v) is 5.27. The summed E-state index contributed by atoms with van der Waals surface area (Å²) in [5, 5.41) is 10.7. The summed E-state index contributed by atoms with van der Waals surface area (Å²) < 4.78 is 41.2. The maximum atomic E-state index is 13.1. The number of hydrogen-bond acceptors (Lipinski definition) is 5. The van der Waals surface area contributed by atoms with Gasteiger partial charge in [0.05, 0.1) is 30.2 Å². The second kappa shape index (κ2) is 10.5. The Hall–Kier alpha value is -3.96. The average molecular weight is 490 g/mol. The van der Waals surface area contributed by atoms with Crippen LogP contribution in [0, 0.1) is 0 Å². The standard InChI is InChI=1S/C23H25F3N6O3/c1-4-5-10-30(2)20(33)13-27-21(34)18-11-19(15-6-8-16(9-7-15)23(24,25)26)29-32(22(18)35)17-12-28-31(3)14-17/h6-9,11-12,14H,4-5,10,13H2,1-3H3,(H,27,34). The SMILES string of the molecule is CCCCN(C)C(=O)CNC(=O)c1cc(-c2ccc(C(F)(F)F)cc2)nn(-c2cnn(C)c2)c1=O. The van der Waals surface area contributed by atoms with E-state index >= 15 is 0 Å². The fraction of sp³-hybridized carbons (Fsp3) is 0.348. The van der Waals surface area contributed by atoms with Crippen LogP contribution in [-0.4, -0.2) is 56.4 Å². The molecule has 3 aromatic rings. The number of rotatable bonds is 8. The largest absolute Gasteiger partial charge is 0.416 e. The first-order valence-corrected chi connectivity index (χ1v) is 10.8. The first kappa shape index (κ1) is 25.7. The van der Waals surface area contributed by atoms with E-state index < -0.39 is 23.2 Å². The van der Waals surface area contributed by atoms with Gasteiger partial charge in [-0.15, -0.1) is 0 Å². The second-order valence-electron chi connectivity index (χ2n) is 7.96. The number of carbonyl (C=O) groups excluding carboxylic acids is 2. The predicted molar refractivity (Wildman–Crippen MR) is 122 cm³/mol. The van der Waals surface area contributed by atoms with Crippen LogP contribution in [0.1, 0.15) is 35.7 Å². The lowest BCUT2D eigenvalue weighted by Gasteiger charge is -2.17. The Balaban J connectivity index is 1.97. The van der Waals surface area contributed by atoms with Crippen LogP contribution in [0.25, 0.3) is 16.9 Å². The van der Waals surface area contributed by atoms with Gasteiger partial charge in [-0.3, -0.25) is 19.1 Å². The lowest BCUT2D eigenvalue weighted by atomic mass is 10.1. The fourth-order valence-electron chi connectivity index (χ4n) is 3.23. The van der Waals surface area contributed by atoms with Gasteiger partial charge in [-0.05, 0) is 24.6 Å². The number of halogens is 3. The molecule has 9 nitrogen and oxygen atoms in total. The number of aryl methyl sites for hydroxylation is 1. The summed E-state index contributed by atoms with van der Waals surface area (Å²) in [6, 6.07) is 5.38. The van der Waals surface area contributed by atoms with Crippen molar-refractivity contribution in [2.24, 2.45) is 7.05 Å². The fourth-order valence-corrected chi connectivity index (χ4v) is 3.23. The van der Waals surface area contributed by atoms with Gasteiger partial charge in [0.1, 0.15) is 11.3 Å². The van der Waals surface area contributed by atoms with Crippen LogP contribution in [0.5, 0.6) is 0 Å². The molecule has 0 aliphatic carbocycles. The molecule has 0 spiro atoms. The number of amides is 2. The van der Waals surface area contributed by atoms with Crippen molar-refractivity contribution in [2.45, 2.75) is 25.9 Å². The Morgan fingerprint density at radius 1 is 1.17 bits per heavy atom. The van der Waals surface area contributed by atoms with E-state index in [-0.39, 0.29) is 35.0 Å². The number of nitrogens with zero attached hydrogens (tertiary/aromatic N) is 5.